The van der Waals surface area contributed by atoms with E-state index in [-0.39, 0.29) is 0 Å². The number of para-hydroxylation sites is 2. The molecule has 0 fully saturated rings. The lowest BCUT2D eigenvalue weighted by molar-refractivity contribution is 0.758. The molecular formula is C19H18N4. The predicted molar refractivity (Wildman–Crippen MR) is 93.5 cm³/mol. The van der Waals surface area contributed by atoms with Gasteiger partial charge < -0.3 is 10.2 Å². The maximum atomic E-state index is 4.48. The van der Waals surface area contributed by atoms with Gasteiger partial charge in [0, 0.05) is 24.0 Å². The van der Waals surface area contributed by atoms with Crippen molar-refractivity contribution in [3.05, 3.63) is 72.6 Å². The number of rotatable bonds is 3. The van der Waals surface area contributed by atoms with Crippen LogP contribution in [0, 0.1) is 0 Å². The van der Waals surface area contributed by atoms with E-state index in [0.29, 0.717) is 0 Å². The maximum absolute atomic E-state index is 4.48. The average molecular weight is 302 g/mol. The first-order chi connectivity index (χ1) is 11.4. The molecule has 1 aliphatic heterocycles. The van der Waals surface area contributed by atoms with E-state index in [1.54, 1.807) is 6.33 Å². The van der Waals surface area contributed by atoms with Gasteiger partial charge in [-0.3, -0.25) is 0 Å². The quantitative estimate of drug-likeness (QED) is 0.783. The van der Waals surface area contributed by atoms with E-state index in [9.17, 15) is 0 Å². The highest BCUT2D eigenvalue weighted by molar-refractivity contribution is 5.68. The third kappa shape index (κ3) is 2.88. The van der Waals surface area contributed by atoms with Crippen molar-refractivity contribution < 1.29 is 0 Å². The average Bonchev–Trinajstić information content (AvgIpc) is 2.62. The molecule has 0 atom stereocenters. The van der Waals surface area contributed by atoms with Gasteiger partial charge in [0.1, 0.15) is 18.0 Å². The Bertz CT molecular complexity index is 801. The minimum absolute atomic E-state index is 0.809. The summed E-state index contributed by atoms with van der Waals surface area (Å²) in [4.78, 5) is 11.1. The van der Waals surface area contributed by atoms with Crippen molar-refractivity contribution in [1.29, 1.82) is 0 Å². The third-order valence-corrected chi connectivity index (χ3v) is 4.09. The van der Waals surface area contributed by atoms with Crippen LogP contribution in [0.2, 0.25) is 0 Å². The second-order valence-electron chi connectivity index (χ2n) is 5.64. The van der Waals surface area contributed by atoms with Crippen molar-refractivity contribution in [2.45, 2.75) is 12.8 Å². The first-order valence-corrected chi connectivity index (χ1v) is 7.90. The molecule has 0 bridgehead atoms. The largest absolute Gasteiger partial charge is 0.340 e. The molecule has 1 aromatic heterocycles. The van der Waals surface area contributed by atoms with E-state index in [4.69, 9.17) is 0 Å². The minimum Gasteiger partial charge on any atom is -0.340 e. The van der Waals surface area contributed by atoms with Crippen molar-refractivity contribution >= 4 is 23.0 Å². The van der Waals surface area contributed by atoms with Crippen LogP contribution >= 0.6 is 0 Å². The first kappa shape index (κ1) is 13.8. The molecule has 114 valence electrons. The number of hydrogen-bond acceptors (Lipinski definition) is 4. The van der Waals surface area contributed by atoms with Crippen LogP contribution in [0.25, 0.3) is 0 Å². The van der Waals surface area contributed by atoms with Gasteiger partial charge in [0.05, 0.1) is 0 Å². The van der Waals surface area contributed by atoms with Gasteiger partial charge in [0.25, 0.3) is 0 Å². The van der Waals surface area contributed by atoms with Crippen LogP contribution in [0.1, 0.15) is 12.0 Å². The predicted octanol–water partition coefficient (Wildman–Crippen LogP) is 4.30. The summed E-state index contributed by atoms with van der Waals surface area (Å²) >= 11 is 0. The molecule has 0 amide bonds. The molecule has 4 rings (SSSR count). The molecule has 0 aliphatic carbocycles. The summed E-state index contributed by atoms with van der Waals surface area (Å²) in [6.45, 7) is 0.985. The van der Waals surface area contributed by atoms with Crippen LogP contribution in [0.4, 0.5) is 23.0 Å². The second-order valence-corrected chi connectivity index (χ2v) is 5.64. The highest BCUT2D eigenvalue weighted by Crippen LogP contribution is 2.32. The lowest BCUT2D eigenvalue weighted by Gasteiger charge is -2.30. The van der Waals surface area contributed by atoms with Crippen LogP contribution in [-0.2, 0) is 6.42 Å². The molecule has 23 heavy (non-hydrogen) atoms. The fourth-order valence-electron chi connectivity index (χ4n) is 3.00. The monoisotopic (exact) mass is 302 g/mol. The summed E-state index contributed by atoms with van der Waals surface area (Å²) in [6, 6.07) is 20.6. The van der Waals surface area contributed by atoms with Gasteiger partial charge in [-0.05, 0) is 36.6 Å². The molecule has 0 saturated heterocycles. The Balaban J connectivity index is 1.65. The normalized spacial score (nSPS) is 13.5. The molecule has 2 aromatic carbocycles. The lowest BCUT2D eigenvalue weighted by Crippen LogP contribution is -2.25. The standard InChI is InChI=1S/C19H18N4/c1-2-9-16(10-3-1)22-18-13-19(21-14-20-18)23-12-6-8-15-7-4-5-11-17(15)23/h1-5,7,9-11,13-14H,6,8,12H2,(H,20,21,22). The van der Waals surface area contributed by atoms with Crippen molar-refractivity contribution in [1.82, 2.24) is 9.97 Å². The highest BCUT2D eigenvalue weighted by atomic mass is 15.2. The van der Waals surface area contributed by atoms with Crippen molar-refractivity contribution in [2.75, 3.05) is 16.8 Å². The smallest absolute Gasteiger partial charge is 0.138 e. The molecule has 0 saturated carbocycles. The molecule has 0 radical (unpaired) electrons. The van der Waals surface area contributed by atoms with Gasteiger partial charge in [0.15, 0.2) is 0 Å². The van der Waals surface area contributed by atoms with Crippen LogP contribution in [0.15, 0.2) is 67.0 Å². The van der Waals surface area contributed by atoms with Crippen molar-refractivity contribution in [2.24, 2.45) is 0 Å². The maximum Gasteiger partial charge on any atom is 0.138 e. The van der Waals surface area contributed by atoms with Crippen molar-refractivity contribution in [3.8, 4) is 0 Å². The molecule has 0 unspecified atom stereocenters. The van der Waals surface area contributed by atoms with Crippen LogP contribution in [-0.4, -0.2) is 16.5 Å². The SMILES string of the molecule is c1ccc(Nc2cc(N3CCCc4ccccc43)ncn2)cc1. The molecule has 3 aromatic rings. The Labute approximate surface area is 135 Å². The topological polar surface area (TPSA) is 41.0 Å². The van der Waals surface area contributed by atoms with E-state index < -0.39 is 0 Å². The van der Waals surface area contributed by atoms with E-state index in [0.717, 1.165) is 36.7 Å². The molecule has 1 aliphatic rings. The van der Waals surface area contributed by atoms with E-state index in [1.807, 2.05) is 36.4 Å². The van der Waals surface area contributed by atoms with E-state index >= 15 is 0 Å². The summed E-state index contributed by atoms with van der Waals surface area (Å²) in [5.41, 5.74) is 3.66. The molecule has 2 heterocycles. The fourth-order valence-corrected chi connectivity index (χ4v) is 3.00. The summed E-state index contributed by atoms with van der Waals surface area (Å²) in [6.07, 6.45) is 3.90. The van der Waals surface area contributed by atoms with E-state index in [2.05, 4.69) is 44.5 Å². The van der Waals surface area contributed by atoms with Gasteiger partial charge in [-0.1, -0.05) is 36.4 Å². The van der Waals surface area contributed by atoms with Crippen LogP contribution in [0.5, 0.6) is 0 Å². The van der Waals surface area contributed by atoms with Gasteiger partial charge >= 0.3 is 0 Å². The molecule has 1 N–H and O–H groups in total. The Kier molecular flexibility index (Phi) is 3.64. The van der Waals surface area contributed by atoms with Crippen LogP contribution < -0.4 is 10.2 Å². The number of fused-ring (bicyclic) bond motifs is 1. The zero-order valence-electron chi connectivity index (χ0n) is 12.8. The van der Waals surface area contributed by atoms with Gasteiger partial charge in [-0.15, -0.1) is 0 Å². The molecular weight excluding hydrogens is 284 g/mol. The fraction of sp³-hybridized carbons (Fsp3) is 0.158. The summed E-state index contributed by atoms with van der Waals surface area (Å²) in [5, 5.41) is 3.33. The number of aromatic nitrogens is 2. The highest BCUT2D eigenvalue weighted by Gasteiger charge is 2.19. The third-order valence-electron chi connectivity index (χ3n) is 4.09. The molecule has 0 spiro atoms. The Morgan fingerprint density at radius 3 is 2.65 bits per heavy atom. The summed E-state index contributed by atoms with van der Waals surface area (Å²) in [7, 11) is 0. The van der Waals surface area contributed by atoms with Crippen LogP contribution in [0.3, 0.4) is 0 Å². The number of hydrogen-bond donors (Lipinski definition) is 1. The van der Waals surface area contributed by atoms with Gasteiger partial charge in [-0.25, -0.2) is 9.97 Å². The number of anilines is 4. The zero-order valence-corrected chi connectivity index (χ0v) is 12.8. The Morgan fingerprint density at radius 2 is 1.74 bits per heavy atom. The summed E-state index contributed by atoms with van der Waals surface area (Å²) in [5.74, 6) is 1.75. The number of benzene rings is 2. The molecule has 4 nitrogen and oxygen atoms in total. The number of nitrogens with zero attached hydrogens (tertiary/aromatic N) is 3. The van der Waals surface area contributed by atoms with Gasteiger partial charge in [0.2, 0.25) is 0 Å². The number of nitrogens with one attached hydrogen (secondary N) is 1. The van der Waals surface area contributed by atoms with Gasteiger partial charge in [-0.2, -0.15) is 0 Å². The summed E-state index contributed by atoms with van der Waals surface area (Å²) < 4.78 is 0. The zero-order chi connectivity index (χ0) is 15.5. The lowest BCUT2D eigenvalue weighted by atomic mass is 10.0. The van der Waals surface area contributed by atoms with Crippen molar-refractivity contribution in [3.63, 3.8) is 0 Å². The minimum atomic E-state index is 0.809. The number of aryl methyl sites for hydroxylation is 1. The molecule has 4 heteroatoms. The Hall–Kier alpha value is -2.88. The first-order valence-electron chi connectivity index (χ1n) is 7.90. The Morgan fingerprint density at radius 1 is 0.913 bits per heavy atom. The second kappa shape index (κ2) is 6.08. The van der Waals surface area contributed by atoms with E-state index in [1.165, 1.54) is 11.3 Å².